The number of hydrogen-bond donors (Lipinski definition) is 0. The monoisotopic (exact) mass is 1130 g/mol. The van der Waals surface area contributed by atoms with Gasteiger partial charge in [0, 0.05) is 44.3 Å². The molecule has 0 amide bonds. The van der Waals surface area contributed by atoms with E-state index in [1.165, 1.54) is 76.8 Å². The van der Waals surface area contributed by atoms with Crippen molar-refractivity contribution in [3.8, 4) is 44.5 Å². The van der Waals surface area contributed by atoms with Crippen molar-refractivity contribution in [2.75, 3.05) is 9.80 Å². The van der Waals surface area contributed by atoms with Gasteiger partial charge in [-0.3, -0.25) is 0 Å². The highest BCUT2D eigenvalue weighted by molar-refractivity contribution is 6.14. The molecule has 2 heterocycles. The van der Waals surface area contributed by atoms with Crippen LogP contribution in [0, 0.1) is 0 Å². The van der Waals surface area contributed by atoms with Crippen molar-refractivity contribution in [1.82, 2.24) is 0 Å². The fourth-order valence-corrected chi connectivity index (χ4v) is 15.4. The molecule has 1 unspecified atom stereocenters. The zero-order valence-corrected chi connectivity index (χ0v) is 48.2. The Morgan fingerprint density at radius 2 is 0.753 bits per heavy atom. The summed E-state index contributed by atoms with van der Waals surface area (Å²) in [5.74, 6) is 0. The van der Waals surface area contributed by atoms with E-state index in [4.69, 9.17) is 8.83 Å². The van der Waals surface area contributed by atoms with Gasteiger partial charge in [0.25, 0.3) is 0 Å². The van der Waals surface area contributed by atoms with E-state index in [9.17, 15) is 0 Å². The summed E-state index contributed by atoms with van der Waals surface area (Å²) in [7, 11) is 0. The van der Waals surface area contributed by atoms with Gasteiger partial charge >= 0.3 is 0 Å². The summed E-state index contributed by atoms with van der Waals surface area (Å²) in [5.41, 5.74) is 24.1. The highest BCUT2D eigenvalue weighted by Crippen LogP contribution is 2.66. The molecule has 4 nitrogen and oxygen atoms in total. The number of hydrogen-bond acceptors (Lipinski definition) is 4. The summed E-state index contributed by atoms with van der Waals surface area (Å²) in [6.07, 6.45) is 0. The third-order valence-corrected chi connectivity index (χ3v) is 19.2. The lowest BCUT2D eigenvalue weighted by atomic mass is 9.69. The van der Waals surface area contributed by atoms with E-state index in [0.29, 0.717) is 0 Å². The van der Waals surface area contributed by atoms with Crippen LogP contribution in [0.1, 0.15) is 22.3 Å². The molecule has 4 heteroatoms. The summed E-state index contributed by atoms with van der Waals surface area (Å²) in [6.45, 7) is 0. The Bertz CT molecular complexity index is 5780. The molecule has 2 aromatic heterocycles. The van der Waals surface area contributed by atoms with Crippen molar-refractivity contribution < 1.29 is 8.83 Å². The maximum atomic E-state index is 6.69. The predicted molar refractivity (Wildman–Crippen MR) is 370 cm³/mol. The Balaban J connectivity index is 0.773. The van der Waals surface area contributed by atoms with E-state index in [1.54, 1.807) is 0 Å². The van der Waals surface area contributed by atoms with Crippen molar-refractivity contribution in [3.05, 3.63) is 338 Å². The smallest absolute Gasteiger partial charge is 0.159 e. The predicted octanol–water partition coefficient (Wildman–Crippen LogP) is 23.6. The summed E-state index contributed by atoms with van der Waals surface area (Å²) in [4.78, 5) is 4.66. The van der Waals surface area contributed by atoms with Gasteiger partial charge < -0.3 is 18.6 Å². The molecule has 19 rings (SSSR count). The molecular formula is C85H52N2O2. The molecule has 0 radical (unpaired) electrons. The fraction of sp³-hybridized carbons (Fsp3) is 0.0118. The maximum absolute atomic E-state index is 6.69. The van der Waals surface area contributed by atoms with Gasteiger partial charge in [-0.05, 0) is 196 Å². The van der Waals surface area contributed by atoms with Crippen molar-refractivity contribution in [2.45, 2.75) is 5.41 Å². The van der Waals surface area contributed by atoms with Gasteiger partial charge in [-0.2, -0.15) is 0 Å². The van der Waals surface area contributed by atoms with Gasteiger partial charge in [-0.1, -0.05) is 218 Å². The zero-order valence-electron chi connectivity index (χ0n) is 48.2. The lowest BCUT2D eigenvalue weighted by molar-refractivity contribution is 0.668. The maximum Gasteiger partial charge on any atom is 0.159 e. The number of para-hydroxylation sites is 6. The lowest BCUT2D eigenvalue weighted by Crippen LogP contribution is -2.26. The molecule has 2 aliphatic carbocycles. The van der Waals surface area contributed by atoms with Crippen LogP contribution < -0.4 is 9.80 Å². The minimum atomic E-state index is -0.618. The first-order chi connectivity index (χ1) is 44.1. The molecule has 0 N–H and O–H groups in total. The number of nitrogens with zero attached hydrogens (tertiary/aromatic N) is 2. The van der Waals surface area contributed by atoms with Crippen LogP contribution >= 0.6 is 0 Å². The van der Waals surface area contributed by atoms with Gasteiger partial charge in [0.05, 0.1) is 16.8 Å². The SMILES string of the molecule is c1ccc(N(c2cccc(-c3ccc4cc5c(cc4c3)C3(c4ccccc4-c4c3ccc3ccccc43)c3c-5ccc4cc(-c5cccc(N(c6ccccc6)c6cccc7c6oc6ccccc67)c5)ccc34)c2)c2cccc3c2oc2ccccc23)cc1. The van der Waals surface area contributed by atoms with E-state index in [-0.39, 0.29) is 0 Å². The van der Waals surface area contributed by atoms with Crippen LogP contribution in [0.5, 0.6) is 0 Å². The van der Waals surface area contributed by atoms with E-state index in [2.05, 4.69) is 313 Å². The first-order valence-electron chi connectivity index (χ1n) is 30.6. The molecule has 1 atom stereocenters. The van der Waals surface area contributed by atoms with Crippen LogP contribution in [0.4, 0.5) is 34.1 Å². The molecule has 2 aliphatic rings. The number of anilines is 6. The number of rotatable bonds is 8. The molecule has 0 fully saturated rings. The third kappa shape index (κ3) is 7.29. The van der Waals surface area contributed by atoms with Gasteiger partial charge in [-0.25, -0.2) is 0 Å². The fourth-order valence-electron chi connectivity index (χ4n) is 15.4. The van der Waals surface area contributed by atoms with Gasteiger partial charge in [0.15, 0.2) is 11.2 Å². The largest absolute Gasteiger partial charge is 0.454 e. The summed E-state index contributed by atoms with van der Waals surface area (Å²) < 4.78 is 13.4. The Morgan fingerprint density at radius 3 is 1.42 bits per heavy atom. The van der Waals surface area contributed by atoms with Crippen LogP contribution in [0.3, 0.4) is 0 Å². The topological polar surface area (TPSA) is 32.8 Å². The second kappa shape index (κ2) is 19.1. The molecule has 1 spiro atoms. The van der Waals surface area contributed by atoms with Gasteiger partial charge in [-0.15, -0.1) is 0 Å². The highest BCUT2D eigenvalue weighted by Gasteiger charge is 2.53. The number of fused-ring (bicyclic) bond motifs is 21. The van der Waals surface area contributed by atoms with Crippen molar-refractivity contribution in [3.63, 3.8) is 0 Å². The molecule has 0 saturated carbocycles. The van der Waals surface area contributed by atoms with E-state index in [1.807, 2.05) is 12.1 Å². The second-order valence-corrected chi connectivity index (χ2v) is 23.8. The van der Waals surface area contributed by atoms with Gasteiger partial charge in [0.1, 0.15) is 11.2 Å². The number of furan rings is 2. The Morgan fingerprint density at radius 1 is 0.247 bits per heavy atom. The minimum absolute atomic E-state index is 0.618. The van der Waals surface area contributed by atoms with Crippen LogP contribution in [-0.2, 0) is 5.41 Å². The molecule has 15 aromatic carbocycles. The van der Waals surface area contributed by atoms with Crippen LogP contribution in [0.2, 0.25) is 0 Å². The molecule has 414 valence electrons. The average molecular weight is 1130 g/mol. The highest BCUT2D eigenvalue weighted by atomic mass is 16.3. The third-order valence-electron chi connectivity index (χ3n) is 19.2. The molecule has 17 aromatic rings. The summed E-state index contributed by atoms with van der Waals surface area (Å²) in [6, 6.07) is 116. The van der Waals surface area contributed by atoms with Crippen LogP contribution in [-0.4, -0.2) is 0 Å². The Labute approximate surface area is 513 Å². The second-order valence-electron chi connectivity index (χ2n) is 23.8. The van der Waals surface area contributed by atoms with Gasteiger partial charge in [0.2, 0.25) is 0 Å². The standard InChI is InChI=1S/C85H52N2O2/c1-3-22-61(23-4-1)86(77-35-17-32-70-67-29-10-13-37-79(67)88-83(70)77)63-26-15-20-54(49-63)56-39-40-58-51-73-69-45-42-59-47-57(55-21-16-27-64(50-55)87(62-24-5-2-6-25-62)78-36-18-33-71-68-30-11-14-38-80(68)89-84(71)78)41-44-66(59)82(69)85(76(73)52-60(58)48-56)74-34-12-9-31-72(74)81-65-28-8-7-19-53(65)43-46-75(81)85/h1-52H. The molecular weight excluding hydrogens is 1080 g/mol. The van der Waals surface area contributed by atoms with Crippen molar-refractivity contribution in [2.24, 2.45) is 0 Å². The van der Waals surface area contributed by atoms with Crippen molar-refractivity contribution >= 4 is 110 Å². The average Bonchev–Trinajstić information content (AvgIpc) is 1.50. The normalized spacial score (nSPS) is 13.9. The molecule has 0 bridgehead atoms. The first kappa shape index (κ1) is 49.5. The van der Waals surface area contributed by atoms with Crippen LogP contribution in [0.15, 0.2) is 324 Å². The summed E-state index contributed by atoms with van der Waals surface area (Å²) in [5, 5.41) is 11.8. The zero-order chi connectivity index (χ0) is 58.3. The molecule has 0 aliphatic heterocycles. The Hall–Kier alpha value is -11.7. The minimum Gasteiger partial charge on any atom is -0.454 e. The quantitative estimate of drug-likeness (QED) is 0.152. The first-order valence-corrected chi connectivity index (χ1v) is 30.6. The summed E-state index contributed by atoms with van der Waals surface area (Å²) >= 11 is 0. The molecule has 0 saturated heterocycles. The van der Waals surface area contributed by atoms with E-state index in [0.717, 1.165) is 100 Å². The van der Waals surface area contributed by atoms with Crippen molar-refractivity contribution in [1.29, 1.82) is 0 Å². The van der Waals surface area contributed by atoms with E-state index < -0.39 is 5.41 Å². The Kier molecular flexibility index (Phi) is 10.7. The number of benzene rings is 15. The molecule has 89 heavy (non-hydrogen) atoms. The van der Waals surface area contributed by atoms with Crippen LogP contribution in [0.25, 0.3) is 121 Å². The van der Waals surface area contributed by atoms with E-state index >= 15 is 0 Å². The lowest BCUT2D eigenvalue weighted by Gasteiger charge is -2.32.